The molecule has 1 saturated heterocycles. The van der Waals surface area contributed by atoms with Crippen molar-refractivity contribution in [3.63, 3.8) is 0 Å². The number of nitrogens with one attached hydrogen (secondary N) is 3. The zero-order valence-corrected chi connectivity index (χ0v) is 19.4. The number of carbonyl (C=O) groups is 1. The third-order valence-corrected chi connectivity index (χ3v) is 5.93. The first-order chi connectivity index (χ1) is 17.0. The smallest absolute Gasteiger partial charge is 0.358 e. The molecule has 0 unspecified atom stereocenters. The van der Waals surface area contributed by atoms with Gasteiger partial charge >= 0.3 is 5.97 Å². The van der Waals surface area contributed by atoms with Gasteiger partial charge in [0.15, 0.2) is 17.3 Å². The summed E-state index contributed by atoms with van der Waals surface area (Å²) >= 11 is 0. The molecule has 11 heteroatoms. The Labute approximate surface area is 201 Å². The van der Waals surface area contributed by atoms with Gasteiger partial charge in [-0.05, 0) is 50.2 Å². The number of anilines is 3. The molecule has 1 aliphatic heterocycles. The van der Waals surface area contributed by atoms with Crippen LogP contribution in [0.25, 0.3) is 22.3 Å². The second-order valence-corrected chi connectivity index (χ2v) is 8.30. The van der Waals surface area contributed by atoms with Crippen molar-refractivity contribution in [2.75, 3.05) is 30.8 Å². The first-order valence-corrected chi connectivity index (χ1v) is 11.4. The van der Waals surface area contributed by atoms with Crippen LogP contribution in [0.5, 0.6) is 5.75 Å². The minimum absolute atomic E-state index is 0.124. The fourth-order valence-corrected chi connectivity index (χ4v) is 4.11. The highest BCUT2D eigenvalue weighted by atomic mass is 16.5. The molecule has 5 rings (SSSR count). The molecular weight excluding hydrogens is 448 g/mol. The third-order valence-electron chi connectivity index (χ3n) is 5.93. The van der Waals surface area contributed by atoms with Gasteiger partial charge in [0.05, 0.1) is 23.6 Å². The molecule has 4 N–H and O–H groups in total. The lowest BCUT2D eigenvalue weighted by molar-refractivity contribution is 0.0691. The molecule has 3 aromatic heterocycles. The highest BCUT2D eigenvalue weighted by Gasteiger charge is 2.22. The normalized spacial score (nSPS) is 14.1. The maximum Gasteiger partial charge on any atom is 0.358 e. The molecule has 0 amide bonds. The van der Waals surface area contributed by atoms with E-state index in [-0.39, 0.29) is 17.6 Å². The lowest BCUT2D eigenvalue weighted by Crippen LogP contribution is -2.34. The molecule has 0 radical (unpaired) electrons. The van der Waals surface area contributed by atoms with Gasteiger partial charge in [-0.1, -0.05) is 0 Å². The molecular formula is C24H26N8O3. The number of carboxylic acids is 1. The van der Waals surface area contributed by atoms with E-state index in [2.05, 4.69) is 35.9 Å². The van der Waals surface area contributed by atoms with Crippen LogP contribution in [0.3, 0.4) is 0 Å². The Bertz CT molecular complexity index is 1360. The molecule has 0 spiro atoms. The summed E-state index contributed by atoms with van der Waals surface area (Å²) in [5.74, 6) is 0.104. The monoisotopic (exact) mass is 474 g/mol. The molecule has 4 aromatic rings. The molecule has 4 heterocycles. The lowest BCUT2D eigenvalue weighted by Gasteiger charge is -2.23. The Morgan fingerprint density at radius 1 is 1.14 bits per heavy atom. The van der Waals surface area contributed by atoms with Crippen LogP contribution in [0.15, 0.2) is 43.0 Å². The molecule has 1 aromatic carbocycles. The summed E-state index contributed by atoms with van der Waals surface area (Å²) < 4.78 is 7.89. The number of aryl methyl sites for hydroxylation is 1. The van der Waals surface area contributed by atoms with Gasteiger partial charge < -0.3 is 30.4 Å². The van der Waals surface area contributed by atoms with Gasteiger partial charge in [-0.25, -0.2) is 19.7 Å². The second-order valence-electron chi connectivity index (χ2n) is 8.30. The molecule has 180 valence electrons. The van der Waals surface area contributed by atoms with E-state index in [0.29, 0.717) is 28.3 Å². The summed E-state index contributed by atoms with van der Waals surface area (Å²) in [6, 6.07) is 7.38. The van der Waals surface area contributed by atoms with E-state index in [0.717, 1.165) is 37.2 Å². The predicted octanol–water partition coefficient (Wildman–Crippen LogP) is 3.04. The van der Waals surface area contributed by atoms with Crippen LogP contribution in [0.2, 0.25) is 0 Å². The van der Waals surface area contributed by atoms with E-state index >= 15 is 0 Å². The summed E-state index contributed by atoms with van der Waals surface area (Å²) in [5.41, 5.74) is 2.88. The minimum atomic E-state index is -1.20. The van der Waals surface area contributed by atoms with Crippen molar-refractivity contribution in [3.8, 4) is 17.0 Å². The number of fused-ring (bicyclic) bond motifs is 1. The summed E-state index contributed by atoms with van der Waals surface area (Å²) in [5, 5.41) is 19.3. The van der Waals surface area contributed by atoms with Crippen LogP contribution < -0.4 is 20.7 Å². The highest BCUT2D eigenvalue weighted by Crippen LogP contribution is 2.32. The van der Waals surface area contributed by atoms with Crippen LogP contribution in [0, 0.1) is 0 Å². The standard InChI is InChI=1S/C24H26N8O3/c1-25-22-20(17-11-27-12-18-19(17)28-13-32(18)2)30-21(24(33)34)23(31-22)29-14-3-5-15(6-4-14)35-16-7-9-26-10-8-16/h3-6,11-13,16,26H,7-10H2,1-2H3,(H,33,34)(H2,25,29,31). The van der Waals surface area contributed by atoms with E-state index in [1.54, 1.807) is 25.8 Å². The third kappa shape index (κ3) is 4.58. The van der Waals surface area contributed by atoms with E-state index in [4.69, 9.17) is 4.74 Å². The molecule has 0 saturated carbocycles. The quantitative estimate of drug-likeness (QED) is 0.316. The number of imidazole rings is 1. The Hall–Kier alpha value is -4.25. The summed E-state index contributed by atoms with van der Waals surface area (Å²) in [7, 11) is 3.57. The van der Waals surface area contributed by atoms with Crippen molar-refractivity contribution in [2.24, 2.45) is 7.05 Å². The van der Waals surface area contributed by atoms with Gasteiger partial charge in [-0.3, -0.25) is 4.98 Å². The van der Waals surface area contributed by atoms with Crippen molar-refractivity contribution in [3.05, 3.63) is 48.7 Å². The topological polar surface area (TPSA) is 139 Å². The van der Waals surface area contributed by atoms with Crippen LogP contribution >= 0.6 is 0 Å². The van der Waals surface area contributed by atoms with Crippen LogP contribution in [0.1, 0.15) is 23.3 Å². The number of benzene rings is 1. The average molecular weight is 475 g/mol. The number of nitrogens with zero attached hydrogens (tertiary/aromatic N) is 5. The zero-order valence-electron chi connectivity index (χ0n) is 19.4. The number of piperidine rings is 1. The Kier molecular flexibility index (Phi) is 6.15. The minimum Gasteiger partial charge on any atom is -0.490 e. The van der Waals surface area contributed by atoms with Crippen LogP contribution in [0.4, 0.5) is 17.3 Å². The van der Waals surface area contributed by atoms with E-state index in [9.17, 15) is 9.90 Å². The summed E-state index contributed by atoms with van der Waals surface area (Å²) in [6.07, 6.45) is 7.12. The SMILES string of the molecule is CNc1nc(Nc2ccc(OC3CCNCC3)cc2)c(C(=O)O)nc1-c1cncc2c1ncn2C. The fraction of sp³-hybridized carbons (Fsp3) is 0.292. The maximum atomic E-state index is 12.1. The van der Waals surface area contributed by atoms with Gasteiger partial charge in [0.1, 0.15) is 23.1 Å². The summed E-state index contributed by atoms with van der Waals surface area (Å²) in [4.78, 5) is 29.8. The number of carboxylic acid groups (broad SMARTS) is 1. The highest BCUT2D eigenvalue weighted by molar-refractivity contribution is 5.97. The largest absolute Gasteiger partial charge is 0.490 e. The maximum absolute atomic E-state index is 12.1. The number of rotatable bonds is 7. The van der Waals surface area contributed by atoms with Gasteiger partial charge in [-0.15, -0.1) is 0 Å². The number of ether oxygens (including phenoxy) is 1. The Morgan fingerprint density at radius 3 is 2.63 bits per heavy atom. The zero-order chi connectivity index (χ0) is 24.4. The molecule has 11 nitrogen and oxygen atoms in total. The molecule has 1 aliphatic rings. The van der Waals surface area contributed by atoms with E-state index < -0.39 is 5.97 Å². The second kappa shape index (κ2) is 9.55. The fourth-order valence-electron chi connectivity index (χ4n) is 4.11. The van der Waals surface area contributed by atoms with Crippen molar-refractivity contribution >= 4 is 34.3 Å². The molecule has 0 bridgehead atoms. The number of aromatic carboxylic acids is 1. The van der Waals surface area contributed by atoms with Gasteiger partial charge in [-0.2, -0.15) is 0 Å². The van der Waals surface area contributed by atoms with Gasteiger partial charge in [0.25, 0.3) is 0 Å². The lowest BCUT2D eigenvalue weighted by atomic mass is 10.1. The van der Waals surface area contributed by atoms with Crippen molar-refractivity contribution in [1.29, 1.82) is 0 Å². The van der Waals surface area contributed by atoms with Crippen molar-refractivity contribution in [1.82, 2.24) is 29.8 Å². The van der Waals surface area contributed by atoms with Crippen LogP contribution in [-0.4, -0.2) is 61.8 Å². The predicted molar refractivity (Wildman–Crippen MR) is 132 cm³/mol. The van der Waals surface area contributed by atoms with E-state index in [1.807, 2.05) is 35.9 Å². The number of pyridine rings is 1. The van der Waals surface area contributed by atoms with E-state index in [1.165, 1.54) is 0 Å². The molecule has 0 aliphatic carbocycles. The Morgan fingerprint density at radius 2 is 1.91 bits per heavy atom. The first-order valence-electron chi connectivity index (χ1n) is 11.4. The number of hydrogen-bond acceptors (Lipinski definition) is 9. The van der Waals surface area contributed by atoms with Gasteiger partial charge in [0, 0.05) is 26.0 Å². The average Bonchev–Trinajstić information content (AvgIpc) is 3.26. The summed E-state index contributed by atoms with van der Waals surface area (Å²) in [6.45, 7) is 1.91. The van der Waals surface area contributed by atoms with Crippen LogP contribution in [-0.2, 0) is 7.05 Å². The van der Waals surface area contributed by atoms with Crippen molar-refractivity contribution in [2.45, 2.75) is 18.9 Å². The van der Waals surface area contributed by atoms with Gasteiger partial charge in [0.2, 0.25) is 0 Å². The first kappa shape index (κ1) is 22.5. The molecule has 35 heavy (non-hydrogen) atoms. The number of hydrogen-bond donors (Lipinski definition) is 4. The number of aromatic nitrogens is 5. The molecule has 0 atom stereocenters. The molecule has 1 fully saturated rings. The Balaban J connectivity index is 1.46. The van der Waals surface area contributed by atoms with Crippen molar-refractivity contribution < 1.29 is 14.6 Å².